The molecule has 2 N–H and O–H groups in total. The van der Waals surface area contributed by atoms with Crippen LogP contribution in [0.25, 0.3) is 0 Å². The van der Waals surface area contributed by atoms with E-state index in [1.807, 2.05) is 6.92 Å². The zero-order valence-electron chi connectivity index (χ0n) is 8.95. The molecule has 1 aromatic carbocycles. The Labute approximate surface area is 93.5 Å². The Hall–Kier alpha value is -2.02. The molecule has 0 saturated heterocycles. The first-order chi connectivity index (χ1) is 7.57. The number of nitriles is 1. The van der Waals surface area contributed by atoms with E-state index in [9.17, 15) is 10.1 Å². The molecule has 4 heteroatoms. The maximum absolute atomic E-state index is 10.9. The van der Waals surface area contributed by atoms with Gasteiger partial charge in [0.2, 0.25) is 0 Å². The van der Waals surface area contributed by atoms with Crippen molar-refractivity contribution < 1.29 is 9.90 Å². The fourth-order valence-corrected chi connectivity index (χ4v) is 1.99. The summed E-state index contributed by atoms with van der Waals surface area (Å²) in [6, 6.07) is 7.14. The summed E-state index contributed by atoms with van der Waals surface area (Å²) in [6.45, 7) is 2.59. The van der Waals surface area contributed by atoms with Gasteiger partial charge in [0.05, 0.1) is 17.0 Å². The lowest BCUT2D eigenvalue weighted by Crippen LogP contribution is -2.30. The number of carboxylic acids is 1. The predicted octanol–water partition coefficient (Wildman–Crippen LogP) is 1.98. The standard InChI is InChI=1S/C12H12N2O2/c1-12(7-13)4-5-14-10-3-2-8(11(15)16)6-9(10)12/h2-3,6,14H,4-5H2,1H3,(H,15,16)/t12-/m0/s1. The summed E-state index contributed by atoms with van der Waals surface area (Å²) < 4.78 is 0. The molecule has 0 spiro atoms. The van der Waals surface area contributed by atoms with Gasteiger partial charge in [0, 0.05) is 12.2 Å². The molecule has 1 aliphatic heterocycles. The Bertz CT molecular complexity index is 490. The zero-order valence-corrected chi connectivity index (χ0v) is 8.95. The summed E-state index contributed by atoms with van der Waals surface area (Å²) in [4.78, 5) is 10.9. The molecule has 4 nitrogen and oxygen atoms in total. The van der Waals surface area contributed by atoms with Crippen molar-refractivity contribution in [1.29, 1.82) is 5.26 Å². The van der Waals surface area contributed by atoms with Crippen molar-refractivity contribution in [3.8, 4) is 6.07 Å². The summed E-state index contributed by atoms with van der Waals surface area (Å²) >= 11 is 0. The first-order valence-corrected chi connectivity index (χ1v) is 5.10. The van der Waals surface area contributed by atoms with Gasteiger partial charge in [-0.1, -0.05) is 0 Å². The lowest BCUT2D eigenvalue weighted by Gasteiger charge is -2.30. The number of rotatable bonds is 1. The molecule has 0 radical (unpaired) electrons. The topological polar surface area (TPSA) is 73.1 Å². The lowest BCUT2D eigenvalue weighted by atomic mass is 9.77. The fourth-order valence-electron chi connectivity index (χ4n) is 1.99. The van der Waals surface area contributed by atoms with Crippen LogP contribution < -0.4 is 5.32 Å². The van der Waals surface area contributed by atoms with E-state index in [-0.39, 0.29) is 5.56 Å². The van der Waals surface area contributed by atoms with Crippen LogP contribution >= 0.6 is 0 Å². The van der Waals surface area contributed by atoms with Crippen molar-refractivity contribution in [2.75, 3.05) is 11.9 Å². The van der Waals surface area contributed by atoms with Crippen molar-refractivity contribution in [1.82, 2.24) is 0 Å². The van der Waals surface area contributed by atoms with Crippen molar-refractivity contribution in [2.45, 2.75) is 18.8 Å². The fraction of sp³-hybridized carbons (Fsp3) is 0.333. The van der Waals surface area contributed by atoms with Crippen LogP contribution in [0.1, 0.15) is 29.3 Å². The number of hydrogen-bond acceptors (Lipinski definition) is 3. The first-order valence-electron chi connectivity index (χ1n) is 5.10. The van der Waals surface area contributed by atoms with Crippen molar-refractivity contribution >= 4 is 11.7 Å². The molecular weight excluding hydrogens is 204 g/mol. The highest BCUT2D eigenvalue weighted by atomic mass is 16.4. The number of carbonyl (C=O) groups is 1. The van der Waals surface area contributed by atoms with Crippen LogP contribution in [-0.4, -0.2) is 17.6 Å². The van der Waals surface area contributed by atoms with E-state index in [4.69, 9.17) is 5.11 Å². The SMILES string of the molecule is C[C@@]1(C#N)CCNc2ccc(C(=O)O)cc21. The van der Waals surface area contributed by atoms with Gasteiger partial charge in [0.1, 0.15) is 0 Å². The van der Waals surface area contributed by atoms with Gasteiger partial charge >= 0.3 is 5.97 Å². The molecular formula is C12H12N2O2. The predicted molar refractivity (Wildman–Crippen MR) is 59.5 cm³/mol. The number of carboxylic acid groups (broad SMARTS) is 1. The molecule has 1 aliphatic rings. The number of hydrogen-bond donors (Lipinski definition) is 2. The molecule has 2 rings (SSSR count). The number of aromatic carboxylic acids is 1. The average Bonchev–Trinajstić information content (AvgIpc) is 2.29. The quantitative estimate of drug-likeness (QED) is 0.752. The van der Waals surface area contributed by atoms with E-state index in [1.54, 1.807) is 18.2 Å². The van der Waals surface area contributed by atoms with Gasteiger partial charge in [-0.05, 0) is 37.1 Å². The molecule has 0 fully saturated rings. The van der Waals surface area contributed by atoms with Gasteiger partial charge in [-0.3, -0.25) is 0 Å². The summed E-state index contributed by atoms with van der Waals surface area (Å²) in [5.41, 5.74) is 1.27. The van der Waals surface area contributed by atoms with Gasteiger partial charge in [0.25, 0.3) is 0 Å². The van der Waals surface area contributed by atoms with Crippen LogP contribution in [0, 0.1) is 11.3 Å². The third-order valence-electron chi connectivity index (χ3n) is 3.05. The van der Waals surface area contributed by atoms with E-state index in [0.29, 0.717) is 6.42 Å². The van der Waals surface area contributed by atoms with Crippen LogP contribution in [0.15, 0.2) is 18.2 Å². The highest BCUT2D eigenvalue weighted by molar-refractivity contribution is 5.89. The van der Waals surface area contributed by atoms with Gasteiger partial charge in [-0.25, -0.2) is 4.79 Å². The summed E-state index contributed by atoms with van der Waals surface area (Å²) in [6.07, 6.45) is 0.694. The molecule has 16 heavy (non-hydrogen) atoms. The largest absolute Gasteiger partial charge is 0.478 e. The molecule has 0 aliphatic carbocycles. The number of nitrogens with zero attached hydrogens (tertiary/aromatic N) is 1. The monoisotopic (exact) mass is 216 g/mol. The van der Waals surface area contributed by atoms with Crippen molar-refractivity contribution in [2.24, 2.45) is 0 Å². The molecule has 0 amide bonds. The minimum atomic E-state index is -0.964. The van der Waals surface area contributed by atoms with Crippen LogP contribution in [0.4, 0.5) is 5.69 Å². The van der Waals surface area contributed by atoms with Crippen molar-refractivity contribution in [3.63, 3.8) is 0 Å². The molecule has 1 heterocycles. The average molecular weight is 216 g/mol. The number of anilines is 1. The number of nitrogens with one attached hydrogen (secondary N) is 1. The van der Waals surface area contributed by atoms with E-state index in [0.717, 1.165) is 17.8 Å². The molecule has 1 aromatic rings. The van der Waals surface area contributed by atoms with E-state index >= 15 is 0 Å². The Morgan fingerprint density at radius 3 is 3.00 bits per heavy atom. The second-order valence-corrected chi connectivity index (χ2v) is 4.19. The van der Waals surface area contributed by atoms with Crippen LogP contribution in [0.3, 0.4) is 0 Å². The van der Waals surface area contributed by atoms with E-state index < -0.39 is 11.4 Å². The van der Waals surface area contributed by atoms with Crippen LogP contribution in [-0.2, 0) is 5.41 Å². The number of benzene rings is 1. The van der Waals surface area contributed by atoms with Crippen molar-refractivity contribution in [3.05, 3.63) is 29.3 Å². The zero-order chi connectivity index (χ0) is 11.8. The minimum absolute atomic E-state index is 0.226. The normalized spacial score (nSPS) is 22.8. The lowest BCUT2D eigenvalue weighted by molar-refractivity contribution is 0.0696. The molecule has 82 valence electrons. The van der Waals surface area contributed by atoms with E-state index in [2.05, 4.69) is 11.4 Å². The van der Waals surface area contributed by atoms with E-state index in [1.165, 1.54) is 0 Å². The second kappa shape index (κ2) is 3.53. The molecule has 1 atom stereocenters. The Kier molecular flexibility index (Phi) is 2.31. The van der Waals surface area contributed by atoms with Gasteiger partial charge in [-0.2, -0.15) is 5.26 Å². The first kappa shape index (κ1) is 10.5. The highest BCUT2D eigenvalue weighted by Gasteiger charge is 2.32. The van der Waals surface area contributed by atoms with Gasteiger partial charge < -0.3 is 10.4 Å². The Morgan fingerprint density at radius 1 is 1.62 bits per heavy atom. The third kappa shape index (κ3) is 1.50. The number of fused-ring (bicyclic) bond motifs is 1. The van der Waals surface area contributed by atoms with Gasteiger partial charge in [0.15, 0.2) is 0 Å². The summed E-state index contributed by atoms with van der Waals surface area (Å²) in [5, 5.41) is 21.3. The third-order valence-corrected chi connectivity index (χ3v) is 3.05. The van der Waals surface area contributed by atoms with Crippen LogP contribution in [0.2, 0.25) is 0 Å². The second-order valence-electron chi connectivity index (χ2n) is 4.19. The van der Waals surface area contributed by atoms with Gasteiger partial charge in [-0.15, -0.1) is 0 Å². The Morgan fingerprint density at radius 2 is 2.38 bits per heavy atom. The molecule has 0 bridgehead atoms. The maximum atomic E-state index is 10.9. The smallest absolute Gasteiger partial charge is 0.335 e. The molecule has 0 saturated carbocycles. The highest BCUT2D eigenvalue weighted by Crippen LogP contribution is 2.36. The summed E-state index contributed by atoms with van der Waals surface area (Å²) in [5.74, 6) is -0.964. The molecule has 0 aromatic heterocycles. The maximum Gasteiger partial charge on any atom is 0.335 e. The summed E-state index contributed by atoms with van der Waals surface area (Å²) in [7, 11) is 0. The molecule has 0 unspecified atom stereocenters. The Balaban J connectivity index is 2.58. The minimum Gasteiger partial charge on any atom is -0.478 e. The van der Waals surface area contributed by atoms with Crippen LogP contribution in [0.5, 0.6) is 0 Å².